The Bertz CT molecular complexity index is 1250. The Morgan fingerprint density at radius 1 is 1.29 bits per heavy atom. The molecule has 0 unspecified atom stereocenters. The fourth-order valence-electron chi connectivity index (χ4n) is 2.58. The summed E-state index contributed by atoms with van der Waals surface area (Å²) in [6.07, 6.45) is 0. The van der Waals surface area contributed by atoms with E-state index in [2.05, 4.69) is 15.0 Å². The number of aliphatic hydroxyl groups excluding tert-OH is 1. The summed E-state index contributed by atoms with van der Waals surface area (Å²) < 4.78 is 0.935. The van der Waals surface area contributed by atoms with E-state index in [0.717, 1.165) is 10.2 Å². The van der Waals surface area contributed by atoms with Crippen molar-refractivity contribution in [3.63, 3.8) is 0 Å². The molecule has 0 aliphatic heterocycles. The molecule has 0 aliphatic rings. The summed E-state index contributed by atoms with van der Waals surface area (Å²) in [5, 5.41) is 31.7. The molecule has 28 heavy (non-hydrogen) atoms. The molecule has 0 atom stereocenters. The number of benzene rings is 2. The highest BCUT2D eigenvalue weighted by atomic mass is 32.2. The van der Waals surface area contributed by atoms with Crippen LogP contribution in [0.25, 0.3) is 26.8 Å². The molecule has 0 bridgehead atoms. The lowest BCUT2D eigenvalue weighted by Gasteiger charge is -2.00. The molecular formula is C18H11N5O3S2. The maximum atomic E-state index is 10.9. The molecule has 138 valence electrons. The number of non-ortho nitro benzene ring substituents is 1. The number of para-hydroxylation sites is 1. The van der Waals surface area contributed by atoms with Crippen LogP contribution >= 0.6 is 23.1 Å². The van der Waals surface area contributed by atoms with Gasteiger partial charge in [0.2, 0.25) is 0 Å². The number of nitro benzene ring substituents is 1. The van der Waals surface area contributed by atoms with Crippen LogP contribution in [-0.2, 0) is 0 Å². The van der Waals surface area contributed by atoms with Crippen LogP contribution in [0, 0.1) is 21.4 Å². The number of aromatic amines is 1. The second kappa shape index (κ2) is 7.30. The third-order valence-corrected chi connectivity index (χ3v) is 5.85. The number of thioether (sulfide) groups is 1. The lowest BCUT2D eigenvalue weighted by Crippen LogP contribution is -1.93. The number of aromatic nitrogens is 3. The van der Waals surface area contributed by atoms with Gasteiger partial charge in [-0.05, 0) is 18.2 Å². The number of fused-ring (bicyclic) bond motifs is 2. The van der Waals surface area contributed by atoms with Crippen molar-refractivity contribution in [3.05, 3.63) is 63.3 Å². The summed E-state index contributed by atoms with van der Waals surface area (Å²) in [5.41, 5.74) is 1.99. The molecule has 2 N–H and O–H groups in total. The number of imidazole rings is 1. The average molecular weight is 409 g/mol. The highest BCUT2D eigenvalue weighted by Gasteiger charge is 2.15. The van der Waals surface area contributed by atoms with Crippen molar-refractivity contribution in [2.75, 3.05) is 5.75 Å². The zero-order valence-electron chi connectivity index (χ0n) is 14.1. The lowest BCUT2D eigenvalue weighted by molar-refractivity contribution is -0.384. The summed E-state index contributed by atoms with van der Waals surface area (Å²) in [4.78, 5) is 22.1. The minimum atomic E-state index is -0.473. The second-order valence-electron chi connectivity index (χ2n) is 5.71. The van der Waals surface area contributed by atoms with Crippen molar-refractivity contribution in [1.82, 2.24) is 15.0 Å². The van der Waals surface area contributed by atoms with Gasteiger partial charge in [-0.2, -0.15) is 5.26 Å². The molecule has 0 fully saturated rings. The lowest BCUT2D eigenvalue weighted by atomic mass is 10.2. The summed E-state index contributed by atoms with van der Waals surface area (Å²) >= 11 is 2.54. The fraction of sp³-hybridized carbons (Fsp3) is 0.0556. The summed E-state index contributed by atoms with van der Waals surface area (Å²) in [7, 11) is 0. The van der Waals surface area contributed by atoms with E-state index in [9.17, 15) is 20.5 Å². The van der Waals surface area contributed by atoms with Crippen molar-refractivity contribution in [2.45, 2.75) is 5.16 Å². The quantitative estimate of drug-likeness (QED) is 0.161. The molecule has 0 spiro atoms. The number of H-pyrrole nitrogens is 1. The fourth-order valence-corrected chi connectivity index (χ4v) is 4.33. The third kappa shape index (κ3) is 3.40. The van der Waals surface area contributed by atoms with E-state index < -0.39 is 4.92 Å². The van der Waals surface area contributed by atoms with Crippen LogP contribution < -0.4 is 0 Å². The first-order valence-electron chi connectivity index (χ1n) is 8.00. The molecule has 2 aromatic carbocycles. The van der Waals surface area contributed by atoms with Crippen molar-refractivity contribution < 1.29 is 10.0 Å². The number of nitrogens with zero attached hydrogens (tertiary/aromatic N) is 4. The molecule has 0 radical (unpaired) electrons. The Labute approximate surface area is 166 Å². The van der Waals surface area contributed by atoms with Crippen LogP contribution in [0.15, 0.2) is 53.4 Å². The van der Waals surface area contributed by atoms with Gasteiger partial charge in [-0.1, -0.05) is 23.9 Å². The molecule has 0 amide bonds. The number of allylic oxidation sites excluding steroid dienone is 1. The van der Waals surface area contributed by atoms with E-state index in [-0.39, 0.29) is 22.8 Å². The van der Waals surface area contributed by atoms with E-state index >= 15 is 0 Å². The maximum Gasteiger partial charge on any atom is 0.271 e. The molecule has 0 saturated carbocycles. The number of aliphatic hydroxyl groups is 1. The molecule has 0 saturated heterocycles. The Balaban J connectivity index is 1.58. The maximum absolute atomic E-state index is 10.9. The number of nitriles is 1. The zero-order chi connectivity index (χ0) is 19.7. The molecule has 8 nitrogen and oxygen atoms in total. The highest BCUT2D eigenvalue weighted by molar-refractivity contribution is 7.99. The van der Waals surface area contributed by atoms with Gasteiger partial charge in [-0.15, -0.1) is 11.3 Å². The summed E-state index contributed by atoms with van der Waals surface area (Å²) in [5.74, 6) is 0.0128. The van der Waals surface area contributed by atoms with E-state index in [1.165, 1.54) is 35.2 Å². The summed E-state index contributed by atoms with van der Waals surface area (Å²) in [6.45, 7) is 0. The number of nitro groups is 1. The van der Waals surface area contributed by atoms with Gasteiger partial charge >= 0.3 is 0 Å². The zero-order valence-corrected chi connectivity index (χ0v) is 15.8. The predicted molar refractivity (Wildman–Crippen MR) is 108 cm³/mol. The molecule has 4 rings (SSSR count). The van der Waals surface area contributed by atoms with Crippen molar-refractivity contribution in [3.8, 4) is 6.07 Å². The molecule has 4 aromatic rings. The Hall–Kier alpha value is -3.42. The SMILES string of the molecule is N#C/C(=C(/O)CSc1nc2ccc([N+](=O)[O-])cc2[nH]1)c1nc2ccccc2s1. The number of thiazole rings is 1. The van der Waals surface area contributed by atoms with Crippen molar-refractivity contribution in [1.29, 1.82) is 5.26 Å². The van der Waals surface area contributed by atoms with Gasteiger partial charge in [0.1, 0.15) is 22.4 Å². The van der Waals surface area contributed by atoms with Crippen molar-refractivity contribution >= 4 is 55.6 Å². The van der Waals surface area contributed by atoms with E-state index in [1.807, 2.05) is 30.3 Å². The molecule has 2 aromatic heterocycles. The van der Waals surface area contributed by atoms with Gasteiger partial charge in [-0.25, -0.2) is 9.97 Å². The van der Waals surface area contributed by atoms with Gasteiger partial charge in [0.05, 0.1) is 31.9 Å². The van der Waals surface area contributed by atoms with Crippen LogP contribution in [0.5, 0.6) is 0 Å². The number of hydrogen-bond donors (Lipinski definition) is 2. The second-order valence-corrected chi connectivity index (χ2v) is 7.70. The monoisotopic (exact) mass is 409 g/mol. The van der Waals surface area contributed by atoms with Gasteiger partial charge < -0.3 is 10.1 Å². The Morgan fingerprint density at radius 3 is 2.86 bits per heavy atom. The van der Waals surface area contributed by atoms with Gasteiger partial charge in [0.25, 0.3) is 5.69 Å². The largest absolute Gasteiger partial charge is 0.510 e. The molecule has 0 aliphatic carbocycles. The summed E-state index contributed by atoms with van der Waals surface area (Å²) in [6, 6.07) is 13.9. The number of hydrogen-bond acceptors (Lipinski definition) is 8. The van der Waals surface area contributed by atoms with Crippen LogP contribution in [0.2, 0.25) is 0 Å². The molecule has 2 heterocycles. The van der Waals surface area contributed by atoms with Gasteiger partial charge in [0, 0.05) is 12.1 Å². The first-order chi connectivity index (χ1) is 13.5. The smallest absolute Gasteiger partial charge is 0.271 e. The van der Waals surface area contributed by atoms with Crippen LogP contribution in [0.3, 0.4) is 0 Å². The van der Waals surface area contributed by atoms with Crippen LogP contribution in [0.4, 0.5) is 5.69 Å². The highest BCUT2D eigenvalue weighted by Crippen LogP contribution is 2.30. The van der Waals surface area contributed by atoms with Crippen LogP contribution in [-0.4, -0.2) is 30.7 Å². The Kier molecular flexibility index (Phi) is 4.68. The number of rotatable bonds is 5. The average Bonchev–Trinajstić information content (AvgIpc) is 3.29. The molecular weight excluding hydrogens is 398 g/mol. The normalized spacial score (nSPS) is 12.1. The minimum absolute atomic E-state index is 0.0296. The predicted octanol–water partition coefficient (Wildman–Crippen LogP) is 4.67. The van der Waals surface area contributed by atoms with E-state index in [4.69, 9.17) is 0 Å². The van der Waals surface area contributed by atoms with E-state index in [1.54, 1.807) is 6.07 Å². The minimum Gasteiger partial charge on any atom is -0.510 e. The van der Waals surface area contributed by atoms with E-state index in [0.29, 0.717) is 21.2 Å². The first kappa shape index (κ1) is 18.0. The molecule has 10 heteroatoms. The van der Waals surface area contributed by atoms with Gasteiger partial charge in [0.15, 0.2) is 5.16 Å². The third-order valence-electron chi connectivity index (χ3n) is 3.91. The number of nitrogens with one attached hydrogen (secondary N) is 1. The van der Waals surface area contributed by atoms with Crippen LogP contribution in [0.1, 0.15) is 5.01 Å². The standard InChI is InChI=1S/C18H11N5O3S2/c19-8-11(17-20-13-3-1-2-4-16(13)28-17)15(24)9-27-18-21-12-6-5-10(23(25)26)7-14(12)22-18/h1-7,24H,9H2,(H,21,22)/b15-11-. The van der Waals surface area contributed by atoms with Gasteiger partial charge in [-0.3, -0.25) is 10.1 Å². The Morgan fingerprint density at radius 2 is 2.11 bits per heavy atom. The topological polar surface area (TPSA) is 129 Å². The first-order valence-corrected chi connectivity index (χ1v) is 9.80. The van der Waals surface area contributed by atoms with Crippen molar-refractivity contribution in [2.24, 2.45) is 0 Å².